The first-order valence-corrected chi connectivity index (χ1v) is 5.79. The van der Waals surface area contributed by atoms with Gasteiger partial charge in [0, 0.05) is 5.38 Å². The number of aromatic nitrogens is 2. The highest BCUT2D eigenvalue weighted by molar-refractivity contribution is 7.08. The lowest BCUT2D eigenvalue weighted by atomic mass is 10.2. The van der Waals surface area contributed by atoms with E-state index in [0.717, 1.165) is 12.0 Å². The third-order valence-electron chi connectivity index (χ3n) is 2.07. The lowest BCUT2D eigenvalue weighted by Crippen LogP contribution is -1.98. The van der Waals surface area contributed by atoms with E-state index >= 15 is 0 Å². The third kappa shape index (κ3) is 2.24. The summed E-state index contributed by atoms with van der Waals surface area (Å²) in [5.41, 5.74) is 0.905. The molecule has 2 heterocycles. The highest BCUT2D eigenvalue weighted by Gasteiger charge is 2.15. The molecule has 1 atom stereocenters. The van der Waals surface area contributed by atoms with Crippen LogP contribution in [0.5, 0.6) is 0 Å². The predicted molar refractivity (Wildman–Crippen MR) is 57.5 cm³/mol. The van der Waals surface area contributed by atoms with Crippen molar-refractivity contribution in [1.29, 1.82) is 0 Å². The molecule has 0 aliphatic heterocycles. The van der Waals surface area contributed by atoms with Crippen molar-refractivity contribution in [1.82, 2.24) is 10.1 Å². The quantitative estimate of drug-likeness (QED) is 0.867. The first-order chi connectivity index (χ1) is 7.31. The molecule has 0 aromatic carbocycles. The maximum absolute atomic E-state index is 9.65. The Kier molecular flexibility index (Phi) is 3.13. The average molecular weight is 224 g/mol. The van der Waals surface area contributed by atoms with Crippen molar-refractivity contribution < 1.29 is 9.63 Å². The molecule has 0 spiro atoms. The van der Waals surface area contributed by atoms with Crippen LogP contribution >= 0.6 is 11.3 Å². The minimum absolute atomic E-state index is 0.373. The molecule has 2 aromatic heterocycles. The Morgan fingerprint density at radius 3 is 3.13 bits per heavy atom. The number of hydrogen-bond acceptors (Lipinski definition) is 5. The van der Waals surface area contributed by atoms with E-state index in [2.05, 4.69) is 10.1 Å². The maximum atomic E-state index is 9.65. The molecule has 0 saturated carbocycles. The van der Waals surface area contributed by atoms with Crippen molar-refractivity contribution >= 4 is 11.3 Å². The van der Waals surface area contributed by atoms with E-state index in [9.17, 15) is 5.11 Å². The Morgan fingerprint density at radius 1 is 1.60 bits per heavy atom. The summed E-state index contributed by atoms with van der Waals surface area (Å²) in [5, 5.41) is 17.3. The molecule has 5 heteroatoms. The number of nitrogens with zero attached hydrogens (tertiary/aromatic N) is 2. The number of thiophene rings is 1. The largest absolute Gasteiger partial charge is 0.385 e. The van der Waals surface area contributed by atoms with Gasteiger partial charge in [0.05, 0.1) is 5.56 Å². The molecule has 0 unspecified atom stereocenters. The van der Waals surface area contributed by atoms with Crippen LogP contribution in [0.2, 0.25) is 0 Å². The van der Waals surface area contributed by atoms with Gasteiger partial charge in [-0.25, -0.2) is 0 Å². The summed E-state index contributed by atoms with van der Waals surface area (Å²) in [5.74, 6) is 0.847. The molecular formula is C10H12N2O2S. The SMILES string of the molecule is CCC[C@H](O)c1noc(-c2ccsc2)n1. The Hall–Kier alpha value is -1.20. The van der Waals surface area contributed by atoms with Gasteiger partial charge >= 0.3 is 0 Å². The molecule has 0 bridgehead atoms. The molecule has 0 aliphatic rings. The van der Waals surface area contributed by atoms with Crippen LogP contribution in [-0.2, 0) is 0 Å². The number of aliphatic hydroxyl groups excluding tert-OH is 1. The summed E-state index contributed by atoms with van der Waals surface area (Å²) in [4.78, 5) is 4.15. The smallest absolute Gasteiger partial charge is 0.258 e. The second-order valence-corrected chi connectivity index (χ2v) is 4.05. The minimum Gasteiger partial charge on any atom is -0.385 e. The minimum atomic E-state index is -0.619. The van der Waals surface area contributed by atoms with Crippen molar-refractivity contribution in [3.63, 3.8) is 0 Å². The van der Waals surface area contributed by atoms with Crippen LogP contribution in [0.1, 0.15) is 31.7 Å². The monoisotopic (exact) mass is 224 g/mol. The third-order valence-corrected chi connectivity index (χ3v) is 2.75. The van der Waals surface area contributed by atoms with Gasteiger partial charge in [-0.2, -0.15) is 16.3 Å². The Bertz CT molecular complexity index is 411. The van der Waals surface area contributed by atoms with Gasteiger partial charge < -0.3 is 9.63 Å². The molecular weight excluding hydrogens is 212 g/mol. The van der Waals surface area contributed by atoms with Crippen LogP contribution in [0.15, 0.2) is 21.3 Å². The van der Waals surface area contributed by atoms with Gasteiger partial charge in [-0.1, -0.05) is 18.5 Å². The molecule has 15 heavy (non-hydrogen) atoms. The summed E-state index contributed by atoms with van der Waals surface area (Å²) in [6.07, 6.45) is 0.928. The molecule has 0 amide bonds. The summed E-state index contributed by atoms with van der Waals surface area (Å²) in [7, 11) is 0. The predicted octanol–water partition coefficient (Wildman–Crippen LogP) is 2.63. The number of aliphatic hydroxyl groups is 1. The summed E-state index contributed by atoms with van der Waals surface area (Å²) in [6.45, 7) is 2.00. The fourth-order valence-corrected chi connectivity index (χ4v) is 1.91. The van der Waals surface area contributed by atoms with E-state index in [0.29, 0.717) is 18.1 Å². The lowest BCUT2D eigenvalue weighted by molar-refractivity contribution is 0.153. The van der Waals surface area contributed by atoms with E-state index in [-0.39, 0.29) is 0 Å². The van der Waals surface area contributed by atoms with Gasteiger partial charge in [-0.3, -0.25) is 0 Å². The molecule has 0 aliphatic carbocycles. The molecule has 80 valence electrons. The first-order valence-electron chi connectivity index (χ1n) is 4.85. The number of hydrogen-bond donors (Lipinski definition) is 1. The zero-order chi connectivity index (χ0) is 10.7. The normalized spacial score (nSPS) is 12.9. The van der Waals surface area contributed by atoms with Gasteiger partial charge in [-0.15, -0.1) is 0 Å². The summed E-state index contributed by atoms with van der Waals surface area (Å²) < 4.78 is 5.06. The lowest BCUT2D eigenvalue weighted by Gasteiger charge is -2.00. The topological polar surface area (TPSA) is 59.2 Å². The first kappa shape index (κ1) is 10.3. The van der Waals surface area contributed by atoms with E-state index in [1.807, 2.05) is 23.8 Å². The average Bonchev–Trinajstić information content (AvgIpc) is 2.89. The van der Waals surface area contributed by atoms with E-state index in [1.165, 1.54) is 0 Å². The molecule has 2 rings (SSSR count). The summed E-state index contributed by atoms with van der Waals surface area (Å²) in [6, 6.07) is 1.91. The molecule has 0 radical (unpaired) electrons. The van der Waals surface area contributed by atoms with E-state index in [1.54, 1.807) is 11.3 Å². The van der Waals surface area contributed by atoms with Gasteiger partial charge in [0.1, 0.15) is 6.10 Å². The Morgan fingerprint density at radius 2 is 2.47 bits per heavy atom. The van der Waals surface area contributed by atoms with E-state index < -0.39 is 6.10 Å². The fourth-order valence-electron chi connectivity index (χ4n) is 1.28. The van der Waals surface area contributed by atoms with E-state index in [4.69, 9.17) is 4.52 Å². The standard InChI is InChI=1S/C10H12N2O2S/c1-2-3-8(13)9-11-10(14-12-9)7-4-5-15-6-7/h4-6,8,13H,2-3H2,1H3/t8-/m0/s1. The van der Waals surface area contributed by atoms with Crippen LogP contribution in [-0.4, -0.2) is 15.2 Å². The summed E-state index contributed by atoms with van der Waals surface area (Å²) >= 11 is 1.57. The maximum Gasteiger partial charge on any atom is 0.258 e. The van der Waals surface area contributed by atoms with Gasteiger partial charge in [-0.05, 0) is 17.9 Å². The van der Waals surface area contributed by atoms with Crippen LogP contribution in [0.4, 0.5) is 0 Å². The highest BCUT2D eigenvalue weighted by Crippen LogP contribution is 2.22. The second-order valence-electron chi connectivity index (χ2n) is 3.27. The van der Waals surface area contributed by atoms with Crippen molar-refractivity contribution in [3.8, 4) is 11.5 Å². The number of rotatable bonds is 4. The van der Waals surface area contributed by atoms with Crippen molar-refractivity contribution in [3.05, 3.63) is 22.7 Å². The molecule has 0 fully saturated rings. The zero-order valence-corrected chi connectivity index (χ0v) is 9.20. The second kappa shape index (κ2) is 4.55. The molecule has 1 N–H and O–H groups in total. The van der Waals surface area contributed by atoms with Crippen LogP contribution < -0.4 is 0 Å². The van der Waals surface area contributed by atoms with Gasteiger partial charge in [0.25, 0.3) is 5.89 Å². The molecule has 2 aromatic rings. The van der Waals surface area contributed by atoms with Crippen LogP contribution in [0.3, 0.4) is 0 Å². The van der Waals surface area contributed by atoms with Crippen molar-refractivity contribution in [2.45, 2.75) is 25.9 Å². The molecule has 4 nitrogen and oxygen atoms in total. The molecule has 0 saturated heterocycles. The van der Waals surface area contributed by atoms with Crippen LogP contribution in [0.25, 0.3) is 11.5 Å². The fraction of sp³-hybridized carbons (Fsp3) is 0.400. The Balaban J connectivity index is 2.17. The van der Waals surface area contributed by atoms with Crippen LogP contribution in [0, 0.1) is 0 Å². The van der Waals surface area contributed by atoms with Crippen molar-refractivity contribution in [2.24, 2.45) is 0 Å². The highest BCUT2D eigenvalue weighted by atomic mass is 32.1. The van der Waals surface area contributed by atoms with Gasteiger partial charge in [0.2, 0.25) is 5.82 Å². The van der Waals surface area contributed by atoms with Gasteiger partial charge in [0.15, 0.2) is 0 Å². The van der Waals surface area contributed by atoms with Crippen molar-refractivity contribution in [2.75, 3.05) is 0 Å². The Labute approximate surface area is 91.6 Å². The zero-order valence-electron chi connectivity index (χ0n) is 8.38.